The van der Waals surface area contributed by atoms with Crippen molar-refractivity contribution in [2.75, 3.05) is 0 Å². The van der Waals surface area contributed by atoms with Gasteiger partial charge in [-0.25, -0.2) is 4.98 Å². The van der Waals surface area contributed by atoms with Gasteiger partial charge in [-0.15, -0.1) is 11.3 Å². The molecule has 0 spiro atoms. The van der Waals surface area contributed by atoms with Crippen LogP contribution >= 0.6 is 11.3 Å². The highest BCUT2D eigenvalue weighted by atomic mass is 32.1. The Morgan fingerprint density at radius 1 is 1.20 bits per heavy atom. The maximum Gasteiger partial charge on any atom is 0.124 e. The number of hydrogen-bond acceptors (Lipinski definition) is 4. The molecule has 1 N–H and O–H groups in total. The summed E-state index contributed by atoms with van der Waals surface area (Å²) in [6.45, 7) is 9.75. The van der Waals surface area contributed by atoms with Gasteiger partial charge in [0.25, 0.3) is 0 Å². The molecular formula is C16H23N3S. The van der Waals surface area contributed by atoms with Crippen LogP contribution in [0, 0.1) is 0 Å². The summed E-state index contributed by atoms with van der Waals surface area (Å²) in [5, 5.41) is 4.66. The second kappa shape index (κ2) is 6.95. The van der Waals surface area contributed by atoms with Crippen molar-refractivity contribution in [3.05, 3.63) is 35.1 Å². The zero-order valence-corrected chi connectivity index (χ0v) is 13.5. The lowest BCUT2D eigenvalue weighted by Crippen LogP contribution is -2.24. The molecule has 0 aliphatic carbocycles. The molecular weight excluding hydrogens is 266 g/mol. The van der Waals surface area contributed by atoms with E-state index in [9.17, 15) is 0 Å². The SMILES string of the molecule is CCC(C)NCc1sc(-c2ccncc2)nc1C(C)C. The molecule has 0 fully saturated rings. The van der Waals surface area contributed by atoms with Crippen LogP contribution in [0.1, 0.15) is 50.6 Å². The lowest BCUT2D eigenvalue weighted by atomic mass is 10.1. The van der Waals surface area contributed by atoms with E-state index >= 15 is 0 Å². The topological polar surface area (TPSA) is 37.8 Å². The predicted molar refractivity (Wildman–Crippen MR) is 86.0 cm³/mol. The van der Waals surface area contributed by atoms with Crippen molar-refractivity contribution in [3.8, 4) is 10.6 Å². The third-order valence-corrected chi connectivity index (χ3v) is 4.55. The van der Waals surface area contributed by atoms with Gasteiger partial charge < -0.3 is 5.32 Å². The Morgan fingerprint density at radius 2 is 1.90 bits per heavy atom. The molecule has 0 saturated heterocycles. The number of pyridine rings is 1. The molecule has 4 heteroatoms. The van der Waals surface area contributed by atoms with Crippen molar-refractivity contribution < 1.29 is 0 Å². The number of nitrogens with zero attached hydrogens (tertiary/aromatic N) is 2. The Balaban J connectivity index is 2.24. The van der Waals surface area contributed by atoms with Crippen LogP contribution in [0.2, 0.25) is 0 Å². The standard InChI is InChI=1S/C16H23N3S/c1-5-12(4)18-10-14-15(11(2)3)19-16(20-14)13-6-8-17-9-7-13/h6-9,11-12,18H,5,10H2,1-4H3. The minimum absolute atomic E-state index is 0.454. The van der Waals surface area contributed by atoms with Crippen LogP contribution in [-0.2, 0) is 6.54 Å². The van der Waals surface area contributed by atoms with Crippen molar-refractivity contribution in [3.63, 3.8) is 0 Å². The van der Waals surface area contributed by atoms with Crippen LogP contribution in [0.25, 0.3) is 10.6 Å². The molecule has 0 radical (unpaired) electrons. The van der Waals surface area contributed by atoms with E-state index in [1.807, 2.05) is 24.5 Å². The third kappa shape index (κ3) is 3.64. The van der Waals surface area contributed by atoms with Crippen LogP contribution in [0.3, 0.4) is 0 Å². The normalized spacial score (nSPS) is 12.8. The Morgan fingerprint density at radius 3 is 2.50 bits per heavy atom. The van der Waals surface area contributed by atoms with Crippen LogP contribution in [0.15, 0.2) is 24.5 Å². The van der Waals surface area contributed by atoms with E-state index in [2.05, 4.69) is 38.0 Å². The molecule has 0 aliphatic rings. The van der Waals surface area contributed by atoms with Gasteiger partial charge in [-0.2, -0.15) is 0 Å². The molecule has 2 aromatic heterocycles. The van der Waals surface area contributed by atoms with E-state index in [0.717, 1.165) is 23.5 Å². The molecule has 1 atom stereocenters. The van der Waals surface area contributed by atoms with Gasteiger partial charge in [0.1, 0.15) is 5.01 Å². The molecule has 2 heterocycles. The van der Waals surface area contributed by atoms with Crippen molar-refractivity contribution in [1.82, 2.24) is 15.3 Å². The second-order valence-electron chi connectivity index (χ2n) is 5.41. The van der Waals surface area contributed by atoms with Gasteiger partial charge in [-0.3, -0.25) is 4.98 Å². The van der Waals surface area contributed by atoms with Crippen LogP contribution in [-0.4, -0.2) is 16.0 Å². The summed E-state index contributed by atoms with van der Waals surface area (Å²) in [6, 6.07) is 4.59. The van der Waals surface area contributed by atoms with Crippen LogP contribution < -0.4 is 5.32 Å². The molecule has 0 bridgehead atoms. The van der Waals surface area contributed by atoms with Crippen LogP contribution in [0.5, 0.6) is 0 Å². The lowest BCUT2D eigenvalue weighted by molar-refractivity contribution is 0.534. The molecule has 2 aromatic rings. The largest absolute Gasteiger partial charge is 0.309 e. The smallest absolute Gasteiger partial charge is 0.124 e. The number of rotatable bonds is 6. The maximum absolute atomic E-state index is 4.83. The fourth-order valence-corrected chi connectivity index (χ4v) is 3.14. The van der Waals surface area contributed by atoms with Gasteiger partial charge in [0.15, 0.2) is 0 Å². The first-order valence-electron chi connectivity index (χ1n) is 7.25. The number of nitrogens with one attached hydrogen (secondary N) is 1. The van der Waals surface area contributed by atoms with Crippen molar-refractivity contribution in [1.29, 1.82) is 0 Å². The van der Waals surface area contributed by atoms with Gasteiger partial charge in [0, 0.05) is 35.4 Å². The third-order valence-electron chi connectivity index (χ3n) is 3.43. The fraction of sp³-hybridized carbons (Fsp3) is 0.500. The average Bonchev–Trinajstić information content (AvgIpc) is 2.90. The number of hydrogen-bond donors (Lipinski definition) is 1. The molecule has 108 valence electrons. The Hall–Kier alpha value is -1.26. The van der Waals surface area contributed by atoms with Crippen molar-refractivity contribution in [2.45, 2.75) is 52.6 Å². The average molecular weight is 289 g/mol. The lowest BCUT2D eigenvalue weighted by Gasteiger charge is -2.11. The first kappa shape index (κ1) is 15.1. The molecule has 2 rings (SSSR count). The first-order chi connectivity index (χ1) is 9.61. The van der Waals surface area contributed by atoms with E-state index < -0.39 is 0 Å². The highest BCUT2D eigenvalue weighted by molar-refractivity contribution is 7.15. The van der Waals surface area contributed by atoms with Gasteiger partial charge in [0.2, 0.25) is 0 Å². The summed E-state index contributed by atoms with van der Waals surface area (Å²) in [5.74, 6) is 0.454. The first-order valence-corrected chi connectivity index (χ1v) is 8.06. The summed E-state index contributed by atoms with van der Waals surface area (Å²) >= 11 is 1.79. The molecule has 1 unspecified atom stereocenters. The maximum atomic E-state index is 4.83. The summed E-state index contributed by atoms with van der Waals surface area (Å²) in [5.41, 5.74) is 2.37. The molecule has 0 saturated carbocycles. The van der Waals surface area contributed by atoms with Crippen molar-refractivity contribution >= 4 is 11.3 Å². The minimum atomic E-state index is 0.454. The highest BCUT2D eigenvalue weighted by Crippen LogP contribution is 2.31. The quantitative estimate of drug-likeness (QED) is 0.865. The Bertz CT molecular complexity index is 534. The summed E-state index contributed by atoms with van der Waals surface area (Å²) in [6.07, 6.45) is 4.79. The summed E-state index contributed by atoms with van der Waals surface area (Å²) < 4.78 is 0. The van der Waals surface area contributed by atoms with E-state index in [1.54, 1.807) is 11.3 Å². The van der Waals surface area contributed by atoms with Gasteiger partial charge in [0.05, 0.1) is 5.69 Å². The molecule has 0 amide bonds. The fourth-order valence-electron chi connectivity index (χ4n) is 1.97. The summed E-state index contributed by atoms with van der Waals surface area (Å²) in [4.78, 5) is 10.3. The summed E-state index contributed by atoms with van der Waals surface area (Å²) in [7, 11) is 0. The van der Waals surface area contributed by atoms with Crippen molar-refractivity contribution in [2.24, 2.45) is 0 Å². The van der Waals surface area contributed by atoms with E-state index in [-0.39, 0.29) is 0 Å². The number of thiazole rings is 1. The van der Waals surface area contributed by atoms with Gasteiger partial charge in [-0.1, -0.05) is 20.8 Å². The Kier molecular flexibility index (Phi) is 5.26. The minimum Gasteiger partial charge on any atom is -0.309 e. The number of aromatic nitrogens is 2. The van der Waals surface area contributed by atoms with E-state index in [1.165, 1.54) is 10.6 Å². The molecule has 3 nitrogen and oxygen atoms in total. The Labute approximate surface area is 125 Å². The van der Waals surface area contributed by atoms with Gasteiger partial charge >= 0.3 is 0 Å². The van der Waals surface area contributed by atoms with E-state index in [4.69, 9.17) is 4.98 Å². The monoisotopic (exact) mass is 289 g/mol. The zero-order chi connectivity index (χ0) is 14.5. The second-order valence-corrected chi connectivity index (χ2v) is 6.49. The van der Waals surface area contributed by atoms with Gasteiger partial charge in [-0.05, 0) is 31.4 Å². The molecule has 0 aliphatic heterocycles. The predicted octanol–water partition coefficient (Wildman–Crippen LogP) is 4.22. The van der Waals surface area contributed by atoms with E-state index in [0.29, 0.717) is 12.0 Å². The highest BCUT2D eigenvalue weighted by Gasteiger charge is 2.15. The molecule has 0 aromatic carbocycles. The molecule has 20 heavy (non-hydrogen) atoms. The zero-order valence-electron chi connectivity index (χ0n) is 12.7. The van der Waals surface area contributed by atoms with Crippen LogP contribution in [0.4, 0.5) is 0 Å².